The lowest BCUT2D eigenvalue weighted by molar-refractivity contribution is -0.138. The molecule has 0 aliphatic carbocycles. The summed E-state index contributed by atoms with van der Waals surface area (Å²) in [4.78, 5) is 22.8. The van der Waals surface area contributed by atoms with Crippen molar-refractivity contribution in [3.63, 3.8) is 0 Å². The van der Waals surface area contributed by atoms with Crippen LogP contribution in [0.4, 0.5) is 11.4 Å². The quantitative estimate of drug-likeness (QED) is 0.646. The molecule has 0 radical (unpaired) electrons. The van der Waals surface area contributed by atoms with Crippen molar-refractivity contribution in [1.29, 1.82) is 0 Å². The summed E-state index contributed by atoms with van der Waals surface area (Å²) in [6.45, 7) is 0.798. The zero-order valence-corrected chi connectivity index (χ0v) is 17.6. The summed E-state index contributed by atoms with van der Waals surface area (Å²) in [7, 11) is -2.95. The predicted octanol–water partition coefficient (Wildman–Crippen LogP) is 3.43. The highest BCUT2D eigenvalue weighted by molar-refractivity contribution is 9.10. The van der Waals surface area contributed by atoms with E-state index in [2.05, 4.69) is 26.0 Å². The lowest BCUT2D eigenvalue weighted by atomic mass is 10.3. The molecule has 0 aliphatic heterocycles. The Morgan fingerprint density at radius 1 is 1.19 bits per heavy atom. The Morgan fingerprint density at radius 2 is 1.81 bits per heavy atom. The molecule has 0 aliphatic rings. The molecule has 2 rings (SSSR count). The first-order chi connectivity index (χ1) is 12.6. The van der Waals surface area contributed by atoms with Crippen LogP contribution in [-0.4, -0.2) is 33.9 Å². The van der Waals surface area contributed by atoms with Crippen molar-refractivity contribution in [2.75, 3.05) is 23.3 Å². The number of ether oxygens (including phenoxy) is 1. The number of benzene rings is 2. The molecule has 0 saturated heterocycles. The van der Waals surface area contributed by atoms with E-state index in [4.69, 9.17) is 11.6 Å². The lowest BCUT2D eigenvalue weighted by Crippen LogP contribution is -2.36. The molecule has 1 N–H and O–H groups in total. The van der Waals surface area contributed by atoms with E-state index in [0.717, 1.165) is 4.31 Å². The van der Waals surface area contributed by atoms with E-state index in [1.54, 1.807) is 6.07 Å². The number of rotatable bonds is 6. The molecule has 0 bridgehead atoms. The van der Waals surface area contributed by atoms with Gasteiger partial charge in [0.1, 0.15) is 6.54 Å². The fourth-order valence-electron chi connectivity index (χ4n) is 2.21. The number of nitrogens with zero attached hydrogens (tertiary/aromatic N) is 1. The molecule has 0 spiro atoms. The maximum absolute atomic E-state index is 13.1. The minimum atomic E-state index is -4.12. The van der Waals surface area contributed by atoms with E-state index in [-0.39, 0.29) is 21.5 Å². The summed E-state index contributed by atoms with van der Waals surface area (Å²) in [6, 6.07) is 10.2. The topological polar surface area (TPSA) is 92.8 Å². The number of methoxy groups -OCH3 is 1. The van der Waals surface area contributed by atoms with Gasteiger partial charge >= 0.3 is 5.97 Å². The van der Waals surface area contributed by atoms with E-state index in [0.29, 0.717) is 10.2 Å². The van der Waals surface area contributed by atoms with Gasteiger partial charge in [-0.1, -0.05) is 27.5 Å². The van der Waals surface area contributed by atoms with Gasteiger partial charge in [0, 0.05) is 17.1 Å². The smallest absolute Gasteiger partial charge is 0.326 e. The number of carbonyl (C=O) groups excluding carboxylic acids is 2. The number of halogens is 2. The molecule has 27 heavy (non-hydrogen) atoms. The van der Waals surface area contributed by atoms with Gasteiger partial charge in [-0.15, -0.1) is 0 Å². The van der Waals surface area contributed by atoms with Gasteiger partial charge in [0.25, 0.3) is 10.0 Å². The van der Waals surface area contributed by atoms with Crippen LogP contribution in [0.3, 0.4) is 0 Å². The van der Waals surface area contributed by atoms with Crippen molar-refractivity contribution in [2.45, 2.75) is 11.8 Å². The third kappa shape index (κ3) is 5.21. The van der Waals surface area contributed by atoms with Crippen molar-refractivity contribution in [1.82, 2.24) is 0 Å². The summed E-state index contributed by atoms with van der Waals surface area (Å²) < 4.78 is 32.4. The molecular weight excluding hydrogens is 460 g/mol. The Balaban J connectivity index is 2.49. The highest BCUT2D eigenvalue weighted by Gasteiger charge is 2.29. The Bertz CT molecular complexity index is 964. The van der Waals surface area contributed by atoms with Gasteiger partial charge in [-0.3, -0.25) is 13.9 Å². The first-order valence-corrected chi connectivity index (χ1v) is 10.2. The van der Waals surface area contributed by atoms with E-state index in [1.807, 2.05) is 0 Å². The molecule has 144 valence electrons. The summed E-state index contributed by atoms with van der Waals surface area (Å²) in [6.07, 6.45) is 0. The number of hydrogen-bond acceptors (Lipinski definition) is 5. The van der Waals surface area contributed by atoms with E-state index >= 15 is 0 Å². The van der Waals surface area contributed by atoms with Gasteiger partial charge in [0.05, 0.1) is 22.7 Å². The maximum atomic E-state index is 13.1. The van der Waals surface area contributed by atoms with Gasteiger partial charge in [-0.25, -0.2) is 8.42 Å². The zero-order chi connectivity index (χ0) is 20.2. The fraction of sp³-hybridized carbons (Fsp3) is 0.176. The second kappa shape index (κ2) is 8.73. The van der Waals surface area contributed by atoms with E-state index in [1.165, 1.54) is 50.4 Å². The summed E-state index contributed by atoms with van der Waals surface area (Å²) >= 11 is 9.45. The molecule has 0 fully saturated rings. The fourth-order valence-corrected chi connectivity index (χ4v) is 4.46. The van der Waals surface area contributed by atoms with Gasteiger partial charge in [0.15, 0.2) is 0 Å². The number of sulfonamides is 1. The lowest BCUT2D eigenvalue weighted by Gasteiger charge is -2.24. The van der Waals surface area contributed by atoms with Crippen molar-refractivity contribution in [3.8, 4) is 0 Å². The number of anilines is 2. The van der Waals surface area contributed by atoms with Crippen LogP contribution in [0.5, 0.6) is 0 Å². The SMILES string of the molecule is COC(=O)CN(c1ccc(Br)cc1Cl)S(=O)(=O)c1ccc(NC(C)=O)cc1. The van der Waals surface area contributed by atoms with Crippen LogP contribution in [-0.2, 0) is 24.3 Å². The van der Waals surface area contributed by atoms with Crippen LogP contribution in [0.25, 0.3) is 0 Å². The molecule has 0 aromatic heterocycles. The van der Waals surface area contributed by atoms with Crippen LogP contribution in [0.15, 0.2) is 51.8 Å². The number of amides is 1. The largest absolute Gasteiger partial charge is 0.468 e. The molecule has 0 atom stereocenters. The maximum Gasteiger partial charge on any atom is 0.326 e. The Hall–Kier alpha value is -2.10. The second-order valence-corrected chi connectivity index (χ2v) is 8.57. The standard InChI is InChI=1S/C17H16BrClN2O5S/c1-11(22)20-13-4-6-14(7-5-13)27(24,25)21(10-17(23)26-2)16-8-3-12(18)9-15(16)19/h3-9H,10H2,1-2H3,(H,20,22). The second-order valence-electron chi connectivity index (χ2n) is 5.39. The minimum Gasteiger partial charge on any atom is -0.468 e. The molecule has 1 amide bonds. The van der Waals surface area contributed by atoms with Crippen molar-refractivity contribution in [2.24, 2.45) is 0 Å². The van der Waals surface area contributed by atoms with Crippen LogP contribution < -0.4 is 9.62 Å². The van der Waals surface area contributed by atoms with Crippen LogP contribution in [0, 0.1) is 0 Å². The van der Waals surface area contributed by atoms with Crippen molar-refractivity contribution >= 4 is 60.8 Å². The van der Waals surface area contributed by atoms with E-state index in [9.17, 15) is 18.0 Å². The highest BCUT2D eigenvalue weighted by atomic mass is 79.9. The third-order valence-electron chi connectivity index (χ3n) is 3.44. The summed E-state index contributed by atoms with van der Waals surface area (Å²) in [5.74, 6) is -1.02. The number of esters is 1. The number of hydrogen-bond donors (Lipinski definition) is 1. The van der Waals surface area contributed by atoms with Gasteiger partial charge < -0.3 is 10.1 Å². The summed E-state index contributed by atoms with van der Waals surface area (Å²) in [5.41, 5.74) is 0.582. The molecule has 10 heteroatoms. The molecule has 0 unspecified atom stereocenters. The Labute approximate surface area is 170 Å². The normalized spacial score (nSPS) is 11.0. The van der Waals surface area contributed by atoms with Crippen LogP contribution in [0.1, 0.15) is 6.92 Å². The van der Waals surface area contributed by atoms with Gasteiger partial charge in [-0.05, 0) is 42.5 Å². The molecule has 0 saturated carbocycles. The van der Waals surface area contributed by atoms with Gasteiger partial charge in [0.2, 0.25) is 5.91 Å². The molecule has 0 heterocycles. The van der Waals surface area contributed by atoms with Crippen molar-refractivity contribution < 1.29 is 22.7 Å². The average molecular weight is 476 g/mol. The van der Waals surface area contributed by atoms with E-state index < -0.39 is 22.5 Å². The Kier molecular flexibility index (Phi) is 6.85. The zero-order valence-electron chi connectivity index (χ0n) is 14.4. The molecular formula is C17H16BrClN2O5S. The molecule has 7 nitrogen and oxygen atoms in total. The van der Waals surface area contributed by atoms with Gasteiger partial charge in [-0.2, -0.15) is 0 Å². The number of nitrogens with one attached hydrogen (secondary N) is 1. The molecule has 2 aromatic rings. The summed E-state index contributed by atoms with van der Waals surface area (Å²) in [5, 5.41) is 2.70. The third-order valence-corrected chi connectivity index (χ3v) is 6.01. The van der Waals surface area contributed by atoms with Crippen LogP contribution in [0.2, 0.25) is 5.02 Å². The van der Waals surface area contributed by atoms with Crippen molar-refractivity contribution in [3.05, 3.63) is 52.0 Å². The molecule has 2 aromatic carbocycles. The monoisotopic (exact) mass is 474 g/mol. The highest BCUT2D eigenvalue weighted by Crippen LogP contribution is 2.33. The Morgan fingerprint density at radius 3 is 2.33 bits per heavy atom. The predicted molar refractivity (Wildman–Crippen MR) is 106 cm³/mol. The minimum absolute atomic E-state index is 0.0699. The first kappa shape index (κ1) is 21.2. The van der Waals surface area contributed by atoms with Crippen LogP contribution >= 0.6 is 27.5 Å². The average Bonchev–Trinajstić information content (AvgIpc) is 2.60. The number of carbonyl (C=O) groups is 2. The first-order valence-electron chi connectivity index (χ1n) is 7.57.